The Morgan fingerprint density at radius 1 is 0.550 bits per heavy atom. The summed E-state index contributed by atoms with van der Waals surface area (Å²) in [6.45, 7) is 0. The van der Waals surface area contributed by atoms with Crippen LogP contribution < -0.4 is 0 Å². The average molecular weight is 389 g/mol. The van der Waals surface area contributed by atoms with Crippen molar-refractivity contribution in [2.75, 3.05) is 0 Å². The van der Waals surface area contributed by atoms with Crippen molar-refractivity contribution in [3.8, 4) is 0 Å². The van der Waals surface area contributed by atoms with Crippen LogP contribution >= 0.6 is 23.5 Å². The Balaban J connectivity index is -0.0000000343. The van der Waals surface area contributed by atoms with Gasteiger partial charge in [0.15, 0.2) is 0 Å². The van der Waals surface area contributed by atoms with Gasteiger partial charge in [0.05, 0.1) is 0 Å². The van der Waals surface area contributed by atoms with Gasteiger partial charge in [0.2, 0.25) is 0 Å². The molecule has 0 amide bonds. The summed E-state index contributed by atoms with van der Waals surface area (Å²) in [6.07, 6.45) is 0. The smallest absolute Gasteiger partial charge is 0.412 e. The minimum atomic E-state index is -5.46. The third kappa shape index (κ3) is 36.5. The molecule has 0 aromatic carbocycles. The summed E-state index contributed by atoms with van der Waals surface area (Å²) in [7, 11) is -16.2. The van der Waals surface area contributed by atoms with Crippen LogP contribution in [0, 0.1) is 0 Å². The van der Waals surface area contributed by atoms with E-state index in [9.17, 15) is 13.7 Å². The monoisotopic (exact) mass is 389 g/mol. The van der Waals surface area contributed by atoms with Crippen LogP contribution in [0.4, 0.5) is 0 Å². The van der Waals surface area contributed by atoms with Crippen LogP contribution in [0.2, 0.25) is 0 Å². The van der Waals surface area contributed by atoms with Crippen molar-refractivity contribution in [1.29, 1.82) is 0 Å². The van der Waals surface area contributed by atoms with Crippen LogP contribution in [0.1, 0.15) is 0 Å². The van der Waals surface area contributed by atoms with Crippen molar-refractivity contribution >= 4 is 53.0 Å². The minimum absolute atomic E-state index is 0. The molecule has 20 heteroatoms. The second-order valence-electron chi connectivity index (χ2n) is 1.61. The quantitative estimate of drug-likeness (QED) is 0.223. The van der Waals surface area contributed by atoms with E-state index in [2.05, 4.69) is 8.62 Å². The maximum Gasteiger partial charge on any atom is 0.490 e. The summed E-state index contributed by atoms with van der Waals surface area (Å²) in [5.74, 6) is 0. The van der Waals surface area contributed by atoms with Crippen molar-refractivity contribution in [2.24, 2.45) is 0 Å². The average Bonchev–Trinajstić information content (AvgIpc) is 1.43. The zero-order valence-corrected chi connectivity index (χ0v) is 14.3. The summed E-state index contributed by atoms with van der Waals surface area (Å²) in [6, 6.07) is 0. The zero-order chi connectivity index (χ0) is 10.9. The molecule has 0 aromatic rings. The van der Waals surface area contributed by atoms with E-state index in [1.165, 1.54) is 0 Å². The molecule has 129 valence electrons. The molecule has 17 N–H and O–H groups in total. The van der Waals surface area contributed by atoms with Crippen molar-refractivity contribution < 1.29 is 79.6 Å². The molecule has 0 aliphatic rings. The van der Waals surface area contributed by atoms with E-state index >= 15 is 0 Å². The molecule has 0 aliphatic heterocycles. The summed E-state index contributed by atoms with van der Waals surface area (Å²) in [5.41, 5.74) is 0. The van der Waals surface area contributed by atoms with Gasteiger partial charge >= 0.3 is 23.5 Å². The first-order valence-electron chi connectivity index (χ1n) is 2.28. The van der Waals surface area contributed by atoms with E-state index < -0.39 is 23.5 Å². The number of hydrogen-bond donors (Lipinski definition) is 5. The maximum atomic E-state index is 10.4. The van der Waals surface area contributed by atoms with Crippen LogP contribution in [0.15, 0.2) is 0 Å². The third-order valence-corrected chi connectivity index (χ3v) is 3.77. The Morgan fingerprint density at radius 2 is 0.700 bits per heavy atom. The Hall–Kier alpha value is 1.17. The predicted octanol–water partition coefficient (Wildman–Crippen LogP) is -6.02. The van der Waals surface area contributed by atoms with Crippen molar-refractivity contribution in [3.05, 3.63) is 0 Å². The van der Waals surface area contributed by atoms with Gasteiger partial charge in [-0.25, -0.2) is 13.7 Å². The molecule has 16 nitrogen and oxygen atoms in total. The molecule has 0 saturated carbocycles. The van der Waals surface area contributed by atoms with Crippen LogP contribution in [-0.2, 0) is 22.3 Å². The minimum Gasteiger partial charge on any atom is -0.412 e. The molecule has 0 saturated heterocycles. The summed E-state index contributed by atoms with van der Waals surface area (Å²) in [4.78, 5) is 40.2. The Labute approximate surface area is 133 Å². The summed E-state index contributed by atoms with van der Waals surface area (Å²) >= 11 is 0. The van der Waals surface area contributed by atoms with Gasteiger partial charge in [-0.05, 0) is 0 Å². The molecule has 0 atom stereocenters. The molecule has 0 aromatic heterocycles. The van der Waals surface area contributed by atoms with Gasteiger partial charge in [0, 0.05) is 29.6 Å². The van der Waals surface area contributed by atoms with Crippen LogP contribution in [0.25, 0.3) is 0 Å². The molecule has 0 bridgehead atoms. The van der Waals surface area contributed by atoms with E-state index in [4.69, 9.17) is 24.5 Å². The first kappa shape index (κ1) is 49.7. The van der Waals surface area contributed by atoms with Crippen molar-refractivity contribution in [3.63, 3.8) is 0 Å². The van der Waals surface area contributed by atoms with Gasteiger partial charge in [0.1, 0.15) is 0 Å². The van der Waals surface area contributed by atoms with E-state index in [1.54, 1.807) is 0 Å². The zero-order valence-electron chi connectivity index (χ0n) is 9.62. The maximum absolute atomic E-state index is 10.4. The molecule has 0 unspecified atom stereocenters. The van der Waals surface area contributed by atoms with E-state index in [0.29, 0.717) is 0 Å². The molecule has 0 aliphatic carbocycles. The second-order valence-corrected chi connectivity index (χ2v) is 5.82. The standard InChI is InChI=1S/Na.H5O10P3.6H2O/c;1-11(2,3)9-13(7,8)10-12(4,5)6;;;;;;/h;(H,7,8)(H2,1,2,3)(H2,4,5,6);6*1H2. The number of rotatable bonds is 4. The van der Waals surface area contributed by atoms with Crippen LogP contribution in [0.5, 0.6) is 0 Å². The molecule has 0 rings (SSSR count). The Kier molecular flexibility index (Phi) is 41.1. The van der Waals surface area contributed by atoms with Gasteiger partial charge in [-0.15, -0.1) is 0 Å². The molecule has 0 spiro atoms. The summed E-state index contributed by atoms with van der Waals surface area (Å²) < 4.78 is 36.4. The van der Waals surface area contributed by atoms with Gasteiger partial charge in [-0.3, -0.25) is 0 Å². The molecular weight excluding hydrogens is 372 g/mol. The normalized spacial score (nSPS) is 9.45. The fraction of sp³-hybridized carbons (Fsp3) is 0. The topological polar surface area (TPSA) is 360 Å². The third-order valence-electron chi connectivity index (χ3n) is 0.419. The molecule has 0 heterocycles. The van der Waals surface area contributed by atoms with Crippen LogP contribution in [-0.4, -0.2) is 86.9 Å². The fourth-order valence-corrected chi connectivity index (χ4v) is 2.82. The SMILES string of the molecule is O.O.O.O.O.O.O=P(O)(O)OP(=O)(O)OP(=O)(O)O.[Na]. The van der Waals surface area contributed by atoms with Crippen LogP contribution in [0.3, 0.4) is 0 Å². The molecular formula is H17NaO16P3. The molecule has 0 fully saturated rings. The van der Waals surface area contributed by atoms with E-state index in [1.807, 2.05) is 0 Å². The summed E-state index contributed by atoms with van der Waals surface area (Å²) in [5, 5.41) is 0. The second kappa shape index (κ2) is 16.5. The first-order chi connectivity index (χ1) is 5.41. The first-order valence-corrected chi connectivity index (χ1v) is 6.83. The molecule has 20 heavy (non-hydrogen) atoms. The molecule has 1 radical (unpaired) electrons. The predicted molar refractivity (Wildman–Crippen MR) is 63.5 cm³/mol. The largest absolute Gasteiger partial charge is 0.490 e. The van der Waals surface area contributed by atoms with Gasteiger partial charge in [-0.2, -0.15) is 8.62 Å². The van der Waals surface area contributed by atoms with Gasteiger partial charge in [0.25, 0.3) is 0 Å². The van der Waals surface area contributed by atoms with E-state index in [-0.39, 0.29) is 62.4 Å². The Morgan fingerprint density at radius 3 is 0.800 bits per heavy atom. The van der Waals surface area contributed by atoms with E-state index in [0.717, 1.165) is 0 Å². The fourth-order valence-electron chi connectivity index (χ4n) is 0.284. The van der Waals surface area contributed by atoms with Gasteiger partial charge in [-0.1, -0.05) is 0 Å². The van der Waals surface area contributed by atoms with Gasteiger partial charge < -0.3 is 57.3 Å². The van der Waals surface area contributed by atoms with Crippen molar-refractivity contribution in [1.82, 2.24) is 0 Å². The Bertz CT molecular complexity index is 280. The number of hydrogen-bond acceptors (Lipinski definition) is 5. The van der Waals surface area contributed by atoms with Crippen molar-refractivity contribution in [2.45, 2.75) is 0 Å². The number of phosphoric acid groups is 3.